The molecule has 5 aliphatic rings. The van der Waals surface area contributed by atoms with Crippen LogP contribution >= 0.6 is 0 Å². The summed E-state index contributed by atoms with van der Waals surface area (Å²) in [6.45, 7) is 2.29. The van der Waals surface area contributed by atoms with Gasteiger partial charge in [-0.1, -0.05) is 24.3 Å². The number of H-pyrrole nitrogens is 1. The minimum absolute atomic E-state index is 0.115. The van der Waals surface area contributed by atoms with Gasteiger partial charge in [0.2, 0.25) is 0 Å². The number of para-hydroxylation sites is 1. The van der Waals surface area contributed by atoms with Gasteiger partial charge in [0.25, 0.3) is 0 Å². The van der Waals surface area contributed by atoms with Gasteiger partial charge in [-0.15, -0.1) is 0 Å². The van der Waals surface area contributed by atoms with Crippen molar-refractivity contribution in [3.63, 3.8) is 0 Å². The highest BCUT2D eigenvalue weighted by Gasteiger charge is 2.73. The van der Waals surface area contributed by atoms with Crippen LogP contribution in [0.2, 0.25) is 0 Å². The number of nitrogens with one attached hydrogen (secondary N) is 1. The molecule has 4 nitrogen and oxygen atoms in total. The summed E-state index contributed by atoms with van der Waals surface area (Å²) in [5, 5.41) is 10.2. The van der Waals surface area contributed by atoms with Gasteiger partial charge in [0, 0.05) is 45.7 Å². The fourth-order valence-electron chi connectivity index (χ4n) is 7.28. The van der Waals surface area contributed by atoms with Crippen molar-refractivity contribution in [3.8, 4) is 0 Å². The Bertz CT molecular complexity index is 1320. The Hall–Kier alpha value is -2.92. The predicted octanol–water partition coefficient (Wildman–Crippen LogP) is 5.00. The molecular formula is C26H23FN2O2. The Morgan fingerprint density at radius 2 is 2.10 bits per heavy atom. The molecule has 31 heavy (non-hydrogen) atoms. The number of aromatic amines is 1. The molecule has 3 fully saturated rings. The van der Waals surface area contributed by atoms with Gasteiger partial charge in [-0.3, -0.25) is 4.90 Å². The molecule has 2 aliphatic heterocycles. The van der Waals surface area contributed by atoms with Crippen LogP contribution in [0.4, 0.5) is 4.39 Å². The minimum atomic E-state index is -1.02. The number of carboxylic acids is 1. The van der Waals surface area contributed by atoms with Gasteiger partial charge in [0.05, 0.1) is 6.04 Å². The van der Waals surface area contributed by atoms with E-state index in [1.165, 1.54) is 35.9 Å². The lowest BCUT2D eigenvalue weighted by Gasteiger charge is -2.77. The number of aromatic nitrogens is 1. The van der Waals surface area contributed by atoms with Gasteiger partial charge >= 0.3 is 5.97 Å². The lowest BCUT2D eigenvalue weighted by atomic mass is 9.37. The van der Waals surface area contributed by atoms with E-state index in [1.54, 1.807) is 0 Å². The van der Waals surface area contributed by atoms with Crippen molar-refractivity contribution in [2.75, 3.05) is 0 Å². The van der Waals surface area contributed by atoms with Crippen LogP contribution < -0.4 is 0 Å². The second kappa shape index (κ2) is 5.65. The zero-order valence-electron chi connectivity index (χ0n) is 17.2. The standard InChI is InChI=1S/C26H23FN2O2/c1-13-8-17-16-4-2-3-5-20(16)28-24(17)25-22-18(23-15-11-26(23,12-15)29(13)25)9-14(10-19(22)27)6-7-21(30)31/h2-7,9-10,13,15,23,25,28H,8,11-12H2,1H3,(H,30,31)/b7-6+. The lowest BCUT2D eigenvalue weighted by molar-refractivity contribution is -0.209. The van der Waals surface area contributed by atoms with E-state index in [0.29, 0.717) is 23.4 Å². The Labute approximate surface area is 179 Å². The van der Waals surface area contributed by atoms with Crippen LogP contribution in [0.3, 0.4) is 0 Å². The molecule has 0 radical (unpaired) electrons. The molecule has 3 aliphatic carbocycles. The van der Waals surface area contributed by atoms with Crippen LogP contribution in [-0.2, 0) is 11.2 Å². The number of hydrogen-bond donors (Lipinski definition) is 2. The highest BCUT2D eigenvalue weighted by Crippen LogP contribution is 2.75. The van der Waals surface area contributed by atoms with Gasteiger partial charge in [0.15, 0.2) is 0 Å². The van der Waals surface area contributed by atoms with Crippen LogP contribution in [0.5, 0.6) is 0 Å². The normalized spacial score (nSPS) is 32.6. The summed E-state index contributed by atoms with van der Waals surface area (Å²) in [5.74, 6) is -0.262. The Balaban J connectivity index is 1.49. The SMILES string of the molecule is CC1Cc2c([nH]c3ccccc23)C2c3c(F)cc(/C=C/C(=O)O)cc3C3C4CC3(C4)N12. The molecule has 3 atom stereocenters. The van der Waals surface area contributed by atoms with E-state index in [1.807, 2.05) is 12.1 Å². The van der Waals surface area contributed by atoms with E-state index < -0.39 is 5.97 Å². The van der Waals surface area contributed by atoms with E-state index >= 15 is 4.39 Å². The number of fused-ring (bicyclic) bond motifs is 7. The zero-order chi connectivity index (χ0) is 21.1. The third-order valence-corrected chi connectivity index (χ3v) is 8.38. The van der Waals surface area contributed by atoms with Crippen molar-refractivity contribution in [2.24, 2.45) is 5.92 Å². The Kier molecular flexibility index (Phi) is 3.23. The van der Waals surface area contributed by atoms with Crippen molar-refractivity contribution in [3.05, 3.63) is 76.2 Å². The molecule has 156 valence electrons. The van der Waals surface area contributed by atoms with Gasteiger partial charge in [-0.25, -0.2) is 9.18 Å². The van der Waals surface area contributed by atoms with Crippen molar-refractivity contribution < 1.29 is 14.3 Å². The smallest absolute Gasteiger partial charge is 0.328 e. The number of nitrogens with zero attached hydrogens (tertiary/aromatic N) is 1. The lowest BCUT2D eigenvalue weighted by Crippen LogP contribution is -2.78. The monoisotopic (exact) mass is 414 g/mol. The molecule has 3 heterocycles. The van der Waals surface area contributed by atoms with Crippen molar-refractivity contribution in [1.82, 2.24) is 9.88 Å². The van der Waals surface area contributed by atoms with Crippen LogP contribution in [0.15, 0.2) is 42.5 Å². The van der Waals surface area contributed by atoms with E-state index in [0.717, 1.165) is 34.8 Å². The Morgan fingerprint density at radius 3 is 2.84 bits per heavy atom. The fraction of sp³-hybridized carbons (Fsp3) is 0.346. The molecule has 2 bridgehead atoms. The molecule has 5 heteroatoms. The van der Waals surface area contributed by atoms with E-state index in [2.05, 4.69) is 35.0 Å². The topological polar surface area (TPSA) is 56.3 Å². The first kappa shape index (κ1) is 17.7. The predicted molar refractivity (Wildman–Crippen MR) is 116 cm³/mol. The molecule has 1 spiro atoms. The zero-order valence-corrected chi connectivity index (χ0v) is 17.2. The summed E-state index contributed by atoms with van der Waals surface area (Å²) in [6.07, 6.45) is 5.94. The van der Waals surface area contributed by atoms with Crippen molar-refractivity contribution in [1.29, 1.82) is 0 Å². The number of halogens is 1. The molecule has 8 rings (SSSR count). The van der Waals surface area contributed by atoms with Crippen LogP contribution in [0.25, 0.3) is 17.0 Å². The van der Waals surface area contributed by atoms with Crippen molar-refractivity contribution >= 4 is 22.9 Å². The van der Waals surface area contributed by atoms with E-state index in [9.17, 15) is 4.79 Å². The summed E-state index contributed by atoms with van der Waals surface area (Å²) in [5.41, 5.74) is 6.20. The third kappa shape index (κ3) is 2.05. The van der Waals surface area contributed by atoms with Crippen LogP contribution in [0.1, 0.15) is 59.7 Å². The highest BCUT2D eigenvalue weighted by atomic mass is 19.1. The fourth-order valence-corrected chi connectivity index (χ4v) is 7.28. The average Bonchev–Trinajstić information content (AvgIpc) is 3.04. The molecule has 3 aromatic rings. The van der Waals surface area contributed by atoms with E-state index in [4.69, 9.17) is 5.11 Å². The number of carboxylic acid groups (broad SMARTS) is 1. The summed E-state index contributed by atoms with van der Waals surface area (Å²) >= 11 is 0. The largest absolute Gasteiger partial charge is 0.478 e. The highest BCUT2D eigenvalue weighted by molar-refractivity contribution is 5.86. The molecule has 0 saturated heterocycles. The first-order valence-electron chi connectivity index (χ1n) is 11.1. The summed E-state index contributed by atoms with van der Waals surface area (Å²) < 4.78 is 15.7. The summed E-state index contributed by atoms with van der Waals surface area (Å²) in [6, 6.07) is 12.2. The maximum Gasteiger partial charge on any atom is 0.328 e. The van der Waals surface area contributed by atoms with Gasteiger partial charge < -0.3 is 10.1 Å². The quantitative estimate of drug-likeness (QED) is 0.580. The molecule has 0 amide bonds. The average molecular weight is 414 g/mol. The van der Waals surface area contributed by atoms with Crippen LogP contribution in [0, 0.1) is 11.7 Å². The van der Waals surface area contributed by atoms with Gasteiger partial charge in [-0.2, -0.15) is 0 Å². The number of benzene rings is 2. The number of aliphatic carboxylic acids is 1. The molecule has 2 aromatic carbocycles. The second-order valence-electron chi connectivity index (χ2n) is 9.85. The second-order valence-corrected chi connectivity index (χ2v) is 9.85. The maximum absolute atomic E-state index is 15.7. The Morgan fingerprint density at radius 1 is 1.29 bits per heavy atom. The third-order valence-electron chi connectivity index (χ3n) is 8.38. The molecule has 3 unspecified atom stereocenters. The number of hydrogen-bond acceptors (Lipinski definition) is 2. The van der Waals surface area contributed by atoms with Gasteiger partial charge in [0.1, 0.15) is 5.82 Å². The van der Waals surface area contributed by atoms with Crippen LogP contribution in [-0.4, -0.2) is 32.5 Å². The first-order chi connectivity index (χ1) is 15.0. The minimum Gasteiger partial charge on any atom is -0.478 e. The summed E-state index contributed by atoms with van der Waals surface area (Å²) in [7, 11) is 0. The molecule has 2 N–H and O–H groups in total. The first-order valence-corrected chi connectivity index (χ1v) is 11.1. The number of carbonyl (C=O) groups is 1. The maximum atomic E-state index is 15.7. The number of rotatable bonds is 2. The van der Waals surface area contributed by atoms with Gasteiger partial charge in [-0.05, 0) is 67.0 Å². The molecular weight excluding hydrogens is 391 g/mol. The molecule has 1 aromatic heterocycles. The molecule has 3 saturated carbocycles. The van der Waals surface area contributed by atoms with E-state index in [-0.39, 0.29) is 17.4 Å². The van der Waals surface area contributed by atoms with Crippen molar-refractivity contribution in [2.45, 2.75) is 49.7 Å². The summed E-state index contributed by atoms with van der Waals surface area (Å²) in [4.78, 5) is 17.3.